The molecule has 0 spiro atoms. The minimum atomic E-state index is -4.67. The van der Waals surface area contributed by atoms with Crippen molar-refractivity contribution in [3.05, 3.63) is 106 Å². The number of halogens is 1. The lowest BCUT2D eigenvalue weighted by Gasteiger charge is -2.19. The van der Waals surface area contributed by atoms with E-state index in [-0.39, 0.29) is 23.5 Å². The lowest BCUT2D eigenvalue weighted by molar-refractivity contribution is -0.150. The molecule has 5 aromatic rings. The molecule has 0 aliphatic heterocycles. The molecule has 0 fully saturated rings. The predicted molar refractivity (Wildman–Crippen MR) is 181 cm³/mol. The zero-order valence-corrected chi connectivity index (χ0v) is 28.0. The molecule has 5 rings (SSSR count). The first kappa shape index (κ1) is 37.2. The molecule has 2 heterocycles. The quantitative estimate of drug-likeness (QED) is 0.118. The van der Waals surface area contributed by atoms with E-state index in [1.807, 2.05) is 0 Å². The largest absolute Gasteiger partial charge is 0.497 e. The van der Waals surface area contributed by atoms with Gasteiger partial charge in [-0.2, -0.15) is 8.42 Å². The Hall–Kier alpha value is -5.62. The van der Waals surface area contributed by atoms with E-state index >= 15 is 4.39 Å². The van der Waals surface area contributed by atoms with Gasteiger partial charge in [0.15, 0.2) is 11.6 Å². The van der Waals surface area contributed by atoms with Gasteiger partial charge in [0.2, 0.25) is 0 Å². The number of rotatable bonds is 10. The summed E-state index contributed by atoms with van der Waals surface area (Å²) in [5.74, 6) is -1.11. The smallest absolute Gasteiger partial charge is 0.394 e. The van der Waals surface area contributed by atoms with E-state index in [4.69, 9.17) is 37.5 Å². The Balaban J connectivity index is 0.00000105. The summed E-state index contributed by atoms with van der Waals surface area (Å²) in [6.07, 6.45) is 0.880. The van der Waals surface area contributed by atoms with Gasteiger partial charge in [0.25, 0.3) is 11.5 Å². The Kier molecular flexibility index (Phi) is 11.7. The molecule has 0 aliphatic rings. The molecule has 15 nitrogen and oxygen atoms in total. The Labute approximate surface area is 285 Å². The summed E-state index contributed by atoms with van der Waals surface area (Å²) < 4.78 is 66.2. The van der Waals surface area contributed by atoms with Crippen LogP contribution in [0.4, 0.5) is 10.1 Å². The van der Waals surface area contributed by atoms with Gasteiger partial charge in [-0.1, -0.05) is 18.2 Å². The summed E-state index contributed by atoms with van der Waals surface area (Å²) >= 11 is 0. The molecule has 5 N–H and O–H groups in total. The highest BCUT2D eigenvalue weighted by molar-refractivity contribution is 7.79. The van der Waals surface area contributed by atoms with Crippen LogP contribution < -0.4 is 26.1 Å². The van der Waals surface area contributed by atoms with Gasteiger partial charge in [-0.25, -0.2) is 9.07 Å². The Morgan fingerprint density at radius 2 is 1.70 bits per heavy atom. The number of para-hydroxylation sites is 1. The highest BCUT2D eigenvalue weighted by atomic mass is 32.3. The lowest BCUT2D eigenvalue weighted by atomic mass is 10.2. The van der Waals surface area contributed by atoms with Crippen LogP contribution in [0.1, 0.15) is 29.9 Å². The number of carbonyl (C=O) groups excluding carboxylic acids is 2. The van der Waals surface area contributed by atoms with Crippen LogP contribution >= 0.6 is 0 Å². The van der Waals surface area contributed by atoms with Crippen LogP contribution in [0.25, 0.3) is 16.6 Å². The van der Waals surface area contributed by atoms with Crippen molar-refractivity contribution < 1.29 is 45.7 Å². The number of nitrogens with zero attached hydrogens (tertiary/aromatic N) is 3. The fourth-order valence-corrected chi connectivity index (χ4v) is 4.83. The second kappa shape index (κ2) is 15.7. The first-order valence-corrected chi connectivity index (χ1v) is 16.2. The third-order valence-corrected chi connectivity index (χ3v) is 7.06. The zero-order chi connectivity index (χ0) is 36.7. The van der Waals surface area contributed by atoms with Crippen molar-refractivity contribution >= 4 is 38.9 Å². The van der Waals surface area contributed by atoms with Gasteiger partial charge < -0.3 is 25.3 Å². The van der Waals surface area contributed by atoms with Crippen LogP contribution in [-0.2, 0) is 26.5 Å². The van der Waals surface area contributed by atoms with Gasteiger partial charge in [0.1, 0.15) is 29.2 Å². The summed E-state index contributed by atoms with van der Waals surface area (Å²) in [6.45, 7) is 4.86. The molecule has 0 saturated carbocycles. The van der Waals surface area contributed by atoms with E-state index in [1.54, 1.807) is 86.4 Å². The topological polar surface area (TPSA) is 214 Å². The minimum absolute atomic E-state index is 0.0683. The molecule has 0 bridgehead atoms. The van der Waals surface area contributed by atoms with Gasteiger partial charge in [-0.05, 0) is 63.2 Å². The maximum Gasteiger partial charge on any atom is 0.394 e. The molecule has 0 saturated heterocycles. The first-order chi connectivity index (χ1) is 23.6. The highest BCUT2D eigenvalue weighted by Gasteiger charge is 2.26. The number of nitrogens with two attached hydrogens (primary N) is 1. The predicted octanol–water partition coefficient (Wildman–Crippen LogP) is 4.31. The number of carbonyl (C=O) groups is 2. The van der Waals surface area contributed by atoms with Crippen LogP contribution in [-0.4, -0.2) is 63.0 Å². The van der Waals surface area contributed by atoms with Crippen molar-refractivity contribution in [2.24, 2.45) is 5.73 Å². The number of ether oxygens (including phenoxy) is 3. The van der Waals surface area contributed by atoms with E-state index in [1.165, 1.54) is 23.7 Å². The van der Waals surface area contributed by atoms with Crippen molar-refractivity contribution in [1.82, 2.24) is 14.3 Å². The molecular weight excluding hydrogens is 677 g/mol. The molecule has 1 amide bonds. The number of benzene rings is 3. The van der Waals surface area contributed by atoms with E-state index in [0.29, 0.717) is 33.8 Å². The number of hydrogen-bond donors (Lipinski definition) is 4. The van der Waals surface area contributed by atoms with Crippen molar-refractivity contribution in [2.75, 3.05) is 12.4 Å². The van der Waals surface area contributed by atoms with Crippen molar-refractivity contribution in [1.29, 1.82) is 0 Å². The van der Waals surface area contributed by atoms with Gasteiger partial charge in [0.05, 0.1) is 30.6 Å². The Morgan fingerprint density at radius 3 is 2.32 bits per heavy atom. The number of hydrogen-bond acceptors (Lipinski definition) is 10. The zero-order valence-electron chi connectivity index (χ0n) is 27.2. The fraction of sp³-hybridized carbons (Fsp3) is 0.212. The fourth-order valence-electron chi connectivity index (χ4n) is 4.83. The van der Waals surface area contributed by atoms with E-state index < -0.39 is 45.8 Å². The van der Waals surface area contributed by atoms with Crippen LogP contribution in [0.3, 0.4) is 0 Å². The number of fused-ring (bicyclic) bond motifs is 1. The van der Waals surface area contributed by atoms with Crippen LogP contribution in [0.15, 0.2) is 83.8 Å². The van der Waals surface area contributed by atoms with Gasteiger partial charge in [-0.15, -0.1) is 0 Å². The van der Waals surface area contributed by atoms with Crippen molar-refractivity contribution in [2.45, 2.75) is 39.5 Å². The normalized spacial score (nSPS) is 12.3. The number of amides is 1. The second-order valence-corrected chi connectivity index (χ2v) is 11.8. The van der Waals surface area contributed by atoms with E-state index in [9.17, 15) is 14.4 Å². The third-order valence-electron chi connectivity index (χ3n) is 7.06. The second-order valence-electron chi connectivity index (χ2n) is 10.9. The molecule has 0 unspecified atom stereocenters. The van der Waals surface area contributed by atoms with Crippen molar-refractivity contribution in [3.8, 4) is 22.9 Å². The first-order valence-electron chi connectivity index (χ1n) is 14.8. The molecule has 264 valence electrons. The van der Waals surface area contributed by atoms with E-state index in [0.717, 1.165) is 6.07 Å². The summed E-state index contributed by atoms with van der Waals surface area (Å²) in [4.78, 5) is 43.5. The van der Waals surface area contributed by atoms with Gasteiger partial charge >= 0.3 is 16.4 Å². The third kappa shape index (κ3) is 9.29. The van der Waals surface area contributed by atoms with Crippen LogP contribution in [0.5, 0.6) is 17.2 Å². The SMILES string of the molecule is COc1ccc2c(Oc3ccc(NC(=O)c4c(C)n(C[C@@H](C)OC(=O)[C@H](C)N)n(-c5ccccc5)c4=O)cc3F)ccnc2c1.O=S(=O)(O)O. The van der Waals surface area contributed by atoms with E-state index in [2.05, 4.69) is 10.3 Å². The van der Waals surface area contributed by atoms with Crippen molar-refractivity contribution in [3.63, 3.8) is 0 Å². The number of esters is 1. The summed E-state index contributed by atoms with van der Waals surface area (Å²) in [7, 11) is -3.11. The standard InChI is InChI=1S/C33H32FN5O6.H2O4S/c1-19(44-33(42)20(2)35)18-38-21(3)30(32(41)39(38)23-8-6-5-7-9-23)31(40)37-22-10-13-29(26(34)16-22)45-28-14-15-36-27-17-24(43-4)11-12-25(27)28;1-5(2,3)4/h5-17,19-20H,18,35H2,1-4H3,(H,37,40);(H2,1,2,3,4)/t19-,20+;/m1./s1. The van der Waals surface area contributed by atoms with Crippen LogP contribution in [0, 0.1) is 12.7 Å². The molecule has 0 radical (unpaired) electrons. The number of pyridine rings is 1. The summed E-state index contributed by atoms with van der Waals surface area (Å²) in [5.41, 5.74) is 6.45. The average molecular weight is 712 g/mol. The monoisotopic (exact) mass is 711 g/mol. The number of nitrogens with one attached hydrogen (secondary N) is 1. The van der Waals surface area contributed by atoms with Gasteiger partial charge in [-0.3, -0.25) is 33.2 Å². The Bertz CT molecular complexity index is 2180. The summed E-state index contributed by atoms with van der Waals surface area (Å²) in [5, 5.41) is 3.28. The molecule has 2 atom stereocenters. The number of anilines is 1. The molecule has 2 aromatic heterocycles. The highest BCUT2D eigenvalue weighted by Crippen LogP contribution is 2.33. The average Bonchev–Trinajstić information content (AvgIpc) is 3.29. The minimum Gasteiger partial charge on any atom is -0.497 e. The molecule has 50 heavy (non-hydrogen) atoms. The maximum absolute atomic E-state index is 15.2. The van der Waals surface area contributed by atoms with Gasteiger partial charge in [0, 0.05) is 29.4 Å². The number of aromatic nitrogens is 3. The molecular formula is C33H34FN5O10S. The lowest BCUT2D eigenvalue weighted by Crippen LogP contribution is -2.34. The Morgan fingerprint density at radius 1 is 1.02 bits per heavy atom. The molecule has 17 heteroatoms. The van der Waals surface area contributed by atoms with Crippen LogP contribution in [0.2, 0.25) is 0 Å². The number of methoxy groups -OCH3 is 1. The molecule has 0 aliphatic carbocycles. The molecule has 3 aromatic carbocycles. The summed E-state index contributed by atoms with van der Waals surface area (Å²) in [6, 6.07) is 18.8. The maximum atomic E-state index is 15.2.